The van der Waals surface area contributed by atoms with Crippen molar-refractivity contribution in [3.63, 3.8) is 0 Å². The molecule has 3 aliphatic rings. The molecule has 6 nitrogen and oxygen atoms in total. The van der Waals surface area contributed by atoms with Crippen molar-refractivity contribution >= 4 is 20.0 Å². The summed E-state index contributed by atoms with van der Waals surface area (Å²) in [6.45, 7) is 1.07. The summed E-state index contributed by atoms with van der Waals surface area (Å²) in [4.78, 5) is 0.309. The summed E-state index contributed by atoms with van der Waals surface area (Å²) in [7, 11) is -7.18. The van der Waals surface area contributed by atoms with E-state index in [4.69, 9.17) is 0 Å². The van der Waals surface area contributed by atoms with E-state index in [2.05, 4.69) is 4.72 Å². The molecular weight excluding hydrogens is 384 g/mol. The van der Waals surface area contributed by atoms with Gasteiger partial charge in [-0.3, -0.25) is 0 Å². The van der Waals surface area contributed by atoms with E-state index in [9.17, 15) is 16.8 Å². The highest BCUT2D eigenvalue weighted by Crippen LogP contribution is 2.44. The van der Waals surface area contributed by atoms with Gasteiger partial charge in [-0.2, -0.15) is 4.31 Å². The molecule has 0 radical (unpaired) electrons. The lowest BCUT2D eigenvalue weighted by Gasteiger charge is -2.23. The van der Waals surface area contributed by atoms with Crippen LogP contribution in [0.4, 0.5) is 0 Å². The van der Waals surface area contributed by atoms with Gasteiger partial charge in [0.1, 0.15) is 0 Å². The molecule has 0 amide bonds. The van der Waals surface area contributed by atoms with E-state index in [0.717, 1.165) is 44.9 Å². The third-order valence-electron chi connectivity index (χ3n) is 6.38. The van der Waals surface area contributed by atoms with Crippen LogP contribution in [0.5, 0.6) is 0 Å². The van der Waals surface area contributed by atoms with Crippen LogP contribution < -0.4 is 4.72 Å². The van der Waals surface area contributed by atoms with Gasteiger partial charge in [0.15, 0.2) is 0 Å². The van der Waals surface area contributed by atoms with Gasteiger partial charge in [-0.05, 0) is 68.2 Å². The van der Waals surface area contributed by atoms with E-state index < -0.39 is 20.0 Å². The SMILES string of the molecule is O=S(=O)(N[C@@H]1C[C@H]2CC[C@@H]1C2)c1ccc(S(=O)(=O)N2CCCCCC2)cc1. The van der Waals surface area contributed by atoms with Crippen molar-refractivity contribution in [1.29, 1.82) is 0 Å². The van der Waals surface area contributed by atoms with E-state index in [1.165, 1.54) is 35.0 Å². The van der Waals surface area contributed by atoms with Crippen LogP contribution in [-0.4, -0.2) is 40.3 Å². The van der Waals surface area contributed by atoms with Gasteiger partial charge in [-0.25, -0.2) is 21.6 Å². The predicted molar refractivity (Wildman–Crippen MR) is 103 cm³/mol. The second-order valence-corrected chi connectivity index (χ2v) is 11.8. The molecule has 3 fully saturated rings. The zero-order chi connectivity index (χ0) is 19.1. The molecule has 2 saturated carbocycles. The van der Waals surface area contributed by atoms with Crippen LogP contribution in [0.2, 0.25) is 0 Å². The van der Waals surface area contributed by atoms with E-state index in [-0.39, 0.29) is 15.8 Å². The monoisotopic (exact) mass is 412 g/mol. The number of sulfonamides is 2. The first kappa shape index (κ1) is 19.4. The summed E-state index contributed by atoms with van der Waals surface area (Å²) in [6, 6.07) is 5.71. The number of benzene rings is 1. The fourth-order valence-corrected chi connectivity index (χ4v) is 7.71. The Bertz CT molecular complexity index is 873. The van der Waals surface area contributed by atoms with Crippen molar-refractivity contribution < 1.29 is 16.8 Å². The lowest BCUT2D eigenvalue weighted by atomic mass is 9.96. The van der Waals surface area contributed by atoms with Crippen molar-refractivity contribution in [2.75, 3.05) is 13.1 Å². The maximum absolute atomic E-state index is 12.8. The number of fused-ring (bicyclic) bond motifs is 2. The Morgan fingerprint density at radius 2 is 1.44 bits per heavy atom. The summed E-state index contributed by atoms with van der Waals surface area (Å²) in [5.74, 6) is 1.11. The predicted octanol–water partition coefficient (Wildman–Crippen LogP) is 2.72. The Labute approximate surface area is 162 Å². The minimum Gasteiger partial charge on any atom is -0.208 e. The van der Waals surface area contributed by atoms with Crippen LogP contribution in [-0.2, 0) is 20.0 Å². The fraction of sp³-hybridized carbons (Fsp3) is 0.684. The quantitative estimate of drug-likeness (QED) is 0.806. The first-order valence-corrected chi connectivity index (χ1v) is 12.9. The van der Waals surface area contributed by atoms with E-state index >= 15 is 0 Å². The number of hydrogen-bond acceptors (Lipinski definition) is 4. The Balaban J connectivity index is 1.49. The third-order valence-corrected chi connectivity index (χ3v) is 9.80. The number of hydrogen-bond donors (Lipinski definition) is 1. The lowest BCUT2D eigenvalue weighted by Crippen LogP contribution is -2.38. The second-order valence-electron chi connectivity index (χ2n) is 8.19. The van der Waals surface area contributed by atoms with Crippen LogP contribution in [0.25, 0.3) is 0 Å². The molecule has 4 rings (SSSR count). The lowest BCUT2D eigenvalue weighted by molar-refractivity contribution is 0.390. The van der Waals surface area contributed by atoms with Gasteiger partial charge >= 0.3 is 0 Å². The maximum Gasteiger partial charge on any atom is 0.243 e. The normalized spacial score (nSPS) is 29.7. The highest BCUT2D eigenvalue weighted by molar-refractivity contribution is 7.89. The van der Waals surface area contributed by atoms with Crippen molar-refractivity contribution in [2.45, 2.75) is 67.2 Å². The van der Waals surface area contributed by atoms with E-state index in [1.807, 2.05) is 0 Å². The summed E-state index contributed by atoms with van der Waals surface area (Å²) < 4.78 is 55.4. The Hall–Kier alpha value is -0.960. The Morgan fingerprint density at radius 3 is 2.00 bits per heavy atom. The maximum atomic E-state index is 12.8. The zero-order valence-electron chi connectivity index (χ0n) is 15.5. The summed E-state index contributed by atoms with van der Waals surface area (Å²) in [6.07, 6.45) is 8.22. The molecule has 1 aromatic rings. The van der Waals surface area contributed by atoms with Crippen LogP contribution in [0.15, 0.2) is 34.1 Å². The first-order valence-electron chi connectivity index (χ1n) is 9.99. The van der Waals surface area contributed by atoms with E-state index in [0.29, 0.717) is 24.9 Å². The smallest absolute Gasteiger partial charge is 0.208 e. The number of nitrogens with zero attached hydrogens (tertiary/aromatic N) is 1. The van der Waals surface area contributed by atoms with Crippen molar-refractivity contribution in [2.24, 2.45) is 11.8 Å². The summed E-state index contributed by atoms with van der Waals surface area (Å²) in [5, 5.41) is 0. The molecule has 8 heteroatoms. The molecule has 27 heavy (non-hydrogen) atoms. The summed E-state index contributed by atoms with van der Waals surface area (Å²) >= 11 is 0. The molecule has 150 valence electrons. The Morgan fingerprint density at radius 1 is 0.815 bits per heavy atom. The molecule has 1 N–H and O–H groups in total. The van der Waals surface area contributed by atoms with Crippen LogP contribution >= 0.6 is 0 Å². The highest BCUT2D eigenvalue weighted by atomic mass is 32.2. The molecule has 3 atom stereocenters. The highest BCUT2D eigenvalue weighted by Gasteiger charge is 2.41. The molecule has 0 unspecified atom stereocenters. The Kier molecular flexibility index (Phi) is 5.35. The molecule has 0 aromatic heterocycles. The average molecular weight is 413 g/mol. The van der Waals surface area contributed by atoms with Crippen molar-refractivity contribution in [3.05, 3.63) is 24.3 Å². The molecule has 1 heterocycles. The average Bonchev–Trinajstić information content (AvgIpc) is 3.14. The van der Waals surface area contributed by atoms with Crippen molar-refractivity contribution in [1.82, 2.24) is 9.03 Å². The van der Waals surface area contributed by atoms with Gasteiger partial charge in [-0.15, -0.1) is 0 Å². The van der Waals surface area contributed by atoms with Crippen LogP contribution in [0, 0.1) is 11.8 Å². The van der Waals surface area contributed by atoms with Crippen LogP contribution in [0.3, 0.4) is 0 Å². The standard InChI is InChI=1S/C19H28N2O4S2/c22-26(23,20-19-14-15-5-6-16(19)13-15)17-7-9-18(10-8-17)27(24,25)21-11-3-1-2-4-12-21/h7-10,15-16,19-20H,1-6,11-14H2/t15-,16+,19+/m0/s1. The van der Waals surface area contributed by atoms with Crippen LogP contribution in [0.1, 0.15) is 51.4 Å². The largest absolute Gasteiger partial charge is 0.243 e. The number of nitrogens with one attached hydrogen (secondary N) is 1. The molecule has 1 aromatic carbocycles. The molecule has 0 spiro atoms. The van der Waals surface area contributed by atoms with Gasteiger partial charge in [-0.1, -0.05) is 19.3 Å². The molecule has 2 bridgehead atoms. The first-order chi connectivity index (χ1) is 12.9. The molecule has 1 aliphatic heterocycles. The van der Waals surface area contributed by atoms with Gasteiger partial charge in [0.25, 0.3) is 0 Å². The van der Waals surface area contributed by atoms with Gasteiger partial charge in [0, 0.05) is 19.1 Å². The molecular formula is C19H28N2O4S2. The van der Waals surface area contributed by atoms with Gasteiger partial charge < -0.3 is 0 Å². The molecule has 1 saturated heterocycles. The van der Waals surface area contributed by atoms with E-state index in [1.54, 1.807) is 0 Å². The second kappa shape index (κ2) is 7.46. The van der Waals surface area contributed by atoms with Gasteiger partial charge in [0.2, 0.25) is 20.0 Å². The van der Waals surface area contributed by atoms with Crippen molar-refractivity contribution in [3.8, 4) is 0 Å². The number of rotatable bonds is 5. The summed E-state index contributed by atoms with van der Waals surface area (Å²) in [5.41, 5.74) is 0. The minimum absolute atomic E-state index is 0.0225. The minimum atomic E-state index is -3.62. The topological polar surface area (TPSA) is 83.5 Å². The fourth-order valence-electron chi connectivity index (χ4n) is 4.88. The zero-order valence-corrected chi connectivity index (χ0v) is 17.1. The molecule has 2 aliphatic carbocycles. The van der Waals surface area contributed by atoms with Gasteiger partial charge in [0.05, 0.1) is 9.79 Å². The third kappa shape index (κ3) is 3.95.